The Morgan fingerprint density at radius 3 is 2.56 bits per heavy atom. The second kappa shape index (κ2) is 3.88. The van der Waals surface area contributed by atoms with Crippen LogP contribution in [0.5, 0.6) is 0 Å². The number of hydrogen-bond donors (Lipinski definition) is 1. The normalized spacial score (nSPS) is 20.2. The average Bonchev–Trinajstić information content (AvgIpc) is 2.86. The smallest absolute Gasteiger partial charge is 0.0953 e. The third kappa shape index (κ3) is 1.77. The Morgan fingerprint density at radius 1 is 1.38 bits per heavy atom. The van der Waals surface area contributed by atoms with Crippen LogP contribution in [0.25, 0.3) is 0 Å². The predicted octanol–water partition coefficient (Wildman–Crippen LogP) is 2.63. The number of nitrogens with one attached hydrogen (secondary N) is 1. The van der Waals surface area contributed by atoms with Gasteiger partial charge in [-0.05, 0) is 40.7 Å². The molecule has 1 aliphatic rings. The van der Waals surface area contributed by atoms with Gasteiger partial charge in [-0.3, -0.25) is 0 Å². The minimum Gasteiger partial charge on any atom is -0.327 e. The molecule has 1 aliphatic carbocycles. The van der Waals surface area contributed by atoms with Crippen molar-refractivity contribution in [2.24, 2.45) is 0 Å². The molecule has 1 fully saturated rings. The SMILES string of the molecule is CNC(C)(C)c1cncn1C1(C)CCCC1. The van der Waals surface area contributed by atoms with Crippen LogP contribution in [0.4, 0.5) is 0 Å². The maximum absolute atomic E-state index is 4.35. The van der Waals surface area contributed by atoms with Crippen molar-refractivity contribution >= 4 is 0 Å². The van der Waals surface area contributed by atoms with Crippen molar-refractivity contribution in [2.75, 3.05) is 7.05 Å². The Morgan fingerprint density at radius 2 is 2.00 bits per heavy atom. The molecule has 0 saturated heterocycles. The molecule has 0 bridgehead atoms. The van der Waals surface area contributed by atoms with Gasteiger partial charge < -0.3 is 9.88 Å². The monoisotopic (exact) mass is 221 g/mol. The minimum absolute atomic E-state index is 0.0118. The number of aromatic nitrogens is 2. The van der Waals surface area contributed by atoms with Gasteiger partial charge in [-0.25, -0.2) is 4.98 Å². The standard InChI is InChI=1S/C13H23N3/c1-12(2,14-4)11-9-15-10-16(11)13(3)7-5-6-8-13/h9-10,14H,5-8H2,1-4H3. The molecule has 90 valence electrons. The number of rotatable bonds is 3. The first-order valence-corrected chi connectivity index (χ1v) is 6.22. The van der Waals surface area contributed by atoms with E-state index >= 15 is 0 Å². The highest BCUT2D eigenvalue weighted by atomic mass is 15.2. The lowest BCUT2D eigenvalue weighted by Gasteiger charge is -2.33. The maximum Gasteiger partial charge on any atom is 0.0953 e. The van der Waals surface area contributed by atoms with Crippen LogP contribution in [0, 0.1) is 0 Å². The molecule has 1 aromatic heterocycles. The van der Waals surface area contributed by atoms with Crippen LogP contribution in [-0.4, -0.2) is 16.6 Å². The summed E-state index contributed by atoms with van der Waals surface area (Å²) in [6.45, 7) is 6.77. The van der Waals surface area contributed by atoms with E-state index in [1.165, 1.54) is 31.4 Å². The molecule has 2 rings (SSSR count). The van der Waals surface area contributed by atoms with Crippen LogP contribution < -0.4 is 5.32 Å². The van der Waals surface area contributed by atoms with E-state index in [1.54, 1.807) is 0 Å². The lowest BCUT2D eigenvalue weighted by atomic mass is 9.95. The number of imidazole rings is 1. The Labute approximate surface area is 98.3 Å². The molecule has 1 heterocycles. The highest BCUT2D eigenvalue weighted by molar-refractivity contribution is 5.14. The van der Waals surface area contributed by atoms with Gasteiger partial charge in [-0.1, -0.05) is 12.8 Å². The van der Waals surface area contributed by atoms with Crippen molar-refractivity contribution in [1.82, 2.24) is 14.9 Å². The molecule has 0 amide bonds. The van der Waals surface area contributed by atoms with Gasteiger partial charge in [0.15, 0.2) is 0 Å². The zero-order chi connectivity index (χ0) is 11.8. The summed E-state index contributed by atoms with van der Waals surface area (Å²) in [6.07, 6.45) is 9.23. The molecule has 0 aromatic carbocycles. The summed E-state index contributed by atoms with van der Waals surface area (Å²) in [5, 5.41) is 3.36. The highest BCUT2D eigenvalue weighted by Gasteiger charge is 2.34. The van der Waals surface area contributed by atoms with Crippen LogP contribution in [0.15, 0.2) is 12.5 Å². The second-order valence-corrected chi connectivity index (χ2v) is 5.73. The fourth-order valence-electron chi connectivity index (χ4n) is 2.69. The molecule has 3 nitrogen and oxygen atoms in total. The molecule has 0 unspecified atom stereocenters. The summed E-state index contributed by atoms with van der Waals surface area (Å²) in [7, 11) is 2.01. The van der Waals surface area contributed by atoms with Gasteiger partial charge in [0.25, 0.3) is 0 Å². The third-order valence-electron chi connectivity index (χ3n) is 4.17. The van der Waals surface area contributed by atoms with E-state index in [-0.39, 0.29) is 11.1 Å². The molecule has 0 spiro atoms. The summed E-state index contributed by atoms with van der Waals surface area (Å²) in [6, 6.07) is 0. The summed E-state index contributed by atoms with van der Waals surface area (Å²) in [5.74, 6) is 0. The quantitative estimate of drug-likeness (QED) is 0.850. The highest BCUT2D eigenvalue weighted by Crippen LogP contribution is 2.38. The molecular weight excluding hydrogens is 198 g/mol. The number of hydrogen-bond acceptors (Lipinski definition) is 2. The van der Waals surface area contributed by atoms with Crippen molar-refractivity contribution in [3.05, 3.63) is 18.2 Å². The lowest BCUT2D eigenvalue weighted by molar-refractivity contribution is 0.289. The Hall–Kier alpha value is -0.830. The molecule has 0 radical (unpaired) electrons. The van der Waals surface area contributed by atoms with Gasteiger partial charge in [0, 0.05) is 5.54 Å². The van der Waals surface area contributed by atoms with Gasteiger partial charge in [-0.2, -0.15) is 0 Å². The number of nitrogens with zero attached hydrogens (tertiary/aromatic N) is 2. The van der Waals surface area contributed by atoms with Crippen LogP contribution in [0.1, 0.15) is 52.1 Å². The van der Waals surface area contributed by atoms with E-state index in [1.807, 2.05) is 19.6 Å². The summed E-state index contributed by atoms with van der Waals surface area (Å²) < 4.78 is 2.39. The van der Waals surface area contributed by atoms with E-state index in [4.69, 9.17) is 0 Å². The average molecular weight is 221 g/mol. The van der Waals surface area contributed by atoms with Gasteiger partial charge in [0.2, 0.25) is 0 Å². The van der Waals surface area contributed by atoms with Crippen LogP contribution >= 0.6 is 0 Å². The van der Waals surface area contributed by atoms with Crippen molar-refractivity contribution in [3.63, 3.8) is 0 Å². The van der Waals surface area contributed by atoms with E-state index in [0.29, 0.717) is 0 Å². The first-order chi connectivity index (χ1) is 7.49. The lowest BCUT2D eigenvalue weighted by Crippen LogP contribution is -2.39. The zero-order valence-corrected chi connectivity index (χ0v) is 10.9. The Bertz CT molecular complexity index is 359. The molecule has 1 N–H and O–H groups in total. The fourth-order valence-corrected chi connectivity index (χ4v) is 2.69. The van der Waals surface area contributed by atoms with Crippen LogP contribution in [0.3, 0.4) is 0 Å². The third-order valence-corrected chi connectivity index (χ3v) is 4.17. The molecule has 1 aromatic rings. The Kier molecular flexibility index (Phi) is 2.82. The minimum atomic E-state index is -0.0118. The topological polar surface area (TPSA) is 29.9 Å². The molecule has 1 saturated carbocycles. The van der Waals surface area contributed by atoms with Gasteiger partial charge in [-0.15, -0.1) is 0 Å². The first kappa shape index (κ1) is 11.6. The summed E-state index contributed by atoms with van der Waals surface area (Å²) in [5.41, 5.74) is 1.56. The van der Waals surface area contributed by atoms with Gasteiger partial charge >= 0.3 is 0 Å². The molecule has 16 heavy (non-hydrogen) atoms. The summed E-state index contributed by atoms with van der Waals surface area (Å²) >= 11 is 0. The van der Waals surface area contributed by atoms with Crippen molar-refractivity contribution < 1.29 is 0 Å². The molecule has 0 atom stereocenters. The molecule has 3 heteroatoms. The fraction of sp³-hybridized carbons (Fsp3) is 0.769. The van der Waals surface area contributed by atoms with E-state index in [0.717, 1.165) is 0 Å². The van der Waals surface area contributed by atoms with Gasteiger partial charge in [0.1, 0.15) is 0 Å². The van der Waals surface area contributed by atoms with Crippen LogP contribution in [-0.2, 0) is 11.1 Å². The molecular formula is C13H23N3. The summed E-state index contributed by atoms with van der Waals surface area (Å²) in [4.78, 5) is 4.35. The second-order valence-electron chi connectivity index (χ2n) is 5.73. The first-order valence-electron chi connectivity index (χ1n) is 6.22. The largest absolute Gasteiger partial charge is 0.327 e. The Balaban J connectivity index is 2.39. The van der Waals surface area contributed by atoms with Gasteiger partial charge in [0.05, 0.1) is 23.8 Å². The van der Waals surface area contributed by atoms with Crippen molar-refractivity contribution in [2.45, 2.75) is 57.5 Å². The zero-order valence-electron chi connectivity index (χ0n) is 10.9. The van der Waals surface area contributed by atoms with Crippen LogP contribution in [0.2, 0.25) is 0 Å². The van der Waals surface area contributed by atoms with Crippen molar-refractivity contribution in [1.29, 1.82) is 0 Å². The van der Waals surface area contributed by atoms with E-state index in [2.05, 4.69) is 35.6 Å². The van der Waals surface area contributed by atoms with E-state index < -0.39 is 0 Å². The maximum atomic E-state index is 4.35. The molecule has 0 aliphatic heterocycles. The van der Waals surface area contributed by atoms with E-state index in [9.17, 15) is 0 Å². The predicted molar refractivity (Wildman–Crippen MR) is 66.4 cm³/mol. The van der Waals surface area contributed by atoms with Crippen molar-refractivity contribution in [3.8, 4) is 0 Å².